The van der Waals surface area contributed by atoms with Crippen molar-refractivity contribution in [2.24, 2.45) is 0 Å². The summed E-state index contributed by atoms with van der Waals surface area (Å²) in [5, 5.41) is 0. The molecule has 0 saturated carbocycles. The molecule has 2 aromatic carbocycles. The van der Waals surface area contributed by atoms with Crippen LogP contribution in [-0.4, -0.2) is 15.8 Å². The van der Waals surface area contributed by atoms with Gasteiger partial charge in [-0.05, 0) is 38.7 Å². The van der Waals surface area contributed by atoms with Gasteiger partial charge in [-0.3, -0.25) is 9.59 Å². The van der Waals surface area contributed by atoms with Crippen molar-refractivity contribution in [3.8, 4) is 11.1 Å². The van der Waals surface area contributed by atoms with E-state index in [9.17, 15) is 9.59 Å². The zero-order valence-corrected chi connectivity index (χ0v) is 15.8. The molecule has 0 atom stereocenters. The average Bonchev–Trinajstić information content (AvgIpc) is 2.71. The van der Waals surface area contributed by atoms with E-state index in [0.29, 0.717) is 12.1 Å². The first kappa shape index (κ1) is 17.4. The number of fused-ring (bicyclic) bond motifs is 1. The van der Waals surface area contributed by atoms with Gasteiger partial charge < -0.3 is 4.57 Å². The number of nitrogens with zero attached hydrogens (tertiary/aromatic N) is 2. The van der Waals surface area contributed by atoms with E-state index in [4.69, 9.17) is 0 Å². The third-order valence-electron chi connectivity index (χ3n) is 4.44. The SMILES string of the molecule is O=[C]c1cn(Cc2ccccc2-c2ccccc2)c2cc(Br)cnc2c1=O. The van der Waals surface area contributed by atoms with Crippen LogP contribution in [0.4, 0.5) is 0 Å². The molecule has 4 rings (SSSR count). The first-order chi connectivity index (χ1) is 13.2. The van der Waals surface area contributed by atoms with Crippen LogP contribution in [0, 0.1) is 0 Å². The summed E-state index contributed by atoms with van der Waals surface area (Å²) in [4.78, 5) is 27.9. The molecule has 0 unspecified atom stereocenters. The molecule has 0 N–H and O–H groups in total. The van der Waals surface area contributed by atoms with Crippen molar-refractivity contribution >= 4 is 33.2 Å². The third kappa shape index (κ3) is 3.34. The monoisotopic (exact) mass is 417 g/mol. The molecule has 0 aliphatic carbocycles. The highest BCUT2D eigenvalue weighted by molar-refractivity contribution is 9.10. The minimum atomic E-state index is -0.403. The highest BCUT2D eigenvalue weighted by Crippen LogP contribution is 2.25. The molecule has 0 aliphatic heterocycles. The maximum Gasteiger partial charge on any atom is 0.239 e. The molecule has 0 bridgehead atoms. The zero-order valence-electron chi connectivity index (χ0n) is 14.2. The molecule has 0 aliphatic rings. The van der Waals surface area contributed by atoms with E-state index in [2.05, 4.69) is 39.1 Å². The van der Waals surface area contributed by atoms with Gasteiger partial charge in [0.25, 0.3) is 0 Å². The molecule has 0 amide bonds. The van der Waals surface area contributed by atoms with Crippen molar-refractivity contribution in [2.45, 2.75) is 6.54 Å². The second-order valence-corrected chi connectivity index (χ2v) is 7.06. The highest BCUT2D eigenvalue weighted by atomic mass is 79.9. The van der Waals surface area contributed by atoms with Crippen molar-refractivity contribution in [3.05, 3.63) is 98.9 Å². The van der Waals surface area contributed by atoms with E-state index in [1.54, 1.807) is 18.7 Å². The second-order valence-electron chi connectivity index (χ2n) is 6.15. The van der Waals surface area contributed by atoms with E-state index < -0.39 is 5.43 Å². The van der Waals surface area contributed by atoms with Crippen molar-refractivity contribution in [1.82, 2.24) is 9.55 Å². The van der Waals surface area contributed by atoms with Gasteiger partial charge in [0.2, 0.25) is 11.7 Å². The van der Waals surface area contributed by atoms with Gasteiger partial charge in [0.15, 0.2) is 0 Å². The molecule has 131 valence electrons. The maximum absolute atomic E-state index is 12.4. The third-order valence-corrected chi connectivity index (χ3v) is 4.87. The Morgan fingerprint density at radius 2 is 1.78 bits per heavy atom. The molecule has 0 fully saturated rings. The Kier molecular flexibility index (Phi) is 4.69. The molecule has 27 heavy (non-hydrogen) atoms. The summed E-state index contributed by atoms with van der Waals surface area (Å²) in [6.45, 7) is 0.495. The van der Waals surface area contributed by atoms with Crippen LogP contribution in [0.5, 0.6) is 0 Å². The van der Waals surface area contributed by atoms with Crippen LogP contribution in [0.15, 0.2) is 82.3 Å². The van der Waals surface area contributed by atoms with Crippen LogP contribution in [0.1, 0.15) is 11.1 Å². The predicted octanol–water partition coefficient (Wildman–Crippen LogP) is 4.33. The lowest BCUT2D eigenvalue weighted by Gasteiger charge is -2.15. The van der Waals surface area contributed by atoms with E-state index in [0.717, 1.165) is 21.2 Å². The summed E-state index contributed by atoms with van der Waals surface area (Å²) in [7, 11) is 0. The van der Waals surface area contributed by atoms with Gasteiger partial charge in [-0.2, -0.15) is 0 Å². The number of benzene rings is 2. The van der Waals surface area contributed by atoms with Gasteiger partial charge >= 0.3 is 0 Å². The Hall–Kier alpha value is -3.05. The van der Waals surface area contributed by atoms with Crippen LogP contribution in [0.25, 0.3) is 22.2 Å². The van der Waals surface area contributed by atoms with Gasteiger partial charge in [-0.1, -0.05) is 54.6 Å². The molecule has 2 heterocycles. The van der Waals surface area contributed by atoms with Gasteiger partial charge in [0.1, 0.15) is 5.52 Å². The molecule has 5 heteroatoms. The minimum absolute atomic E-state index is 0.0190. The number of halogens is 1. The summed E-state index contributed by atoms with van der Waals surface area (Å²) in [6, 6.07) is 20.0. The number of carbonyl (C=O) groups excluding carboxylic acids is 1. The smallest absolute Gasteiger partial charge is 0.239 e. The van der Waals surface area contributed by atoms with Crippen LogP contribution in [0.2, 0.25) is 0 Å². The largest absolute Gasteiger partial charge is 0.341 e. The zero-order chi connectivity index (χ0) is 18.8. The van der Waals surface area contributed by atoms with Gasteiger partial charge in [0.05, 0.1) is 11.1 Å². The Balaban J connectivity index is 1.91. The van der Waals surface area contributed by atoms with Gasteiger partial charge in [-0.15, -0.1) is 0 Å². The minimum Gasteiger partial charge on any atom is -0.341 e. The number of aromatic nitrogens is 2. The van der Waals surface area contributed by atoms with Crippen LogP contribution in [-0.2, 0) is 11.3 Å². The molecular formula is C22H14BrN2O2. The first-order valence-corrected chi connectivity index (χ1v) is 9.17. The lowest BCUT2D eigenvalue weighted by Crippen LogP contribution is -2.16. The fourth-order valence-corrected chi connectivity index (χ4v) is 3.50. The molecule has 1 radical (unpaired) electrons. The van der Waals surface area contributed by atoms with Crippen LogP contribution >= 0.6 is 15.9 Å². The normalized spacial score (nSPS) is 10.9. The first-order valence-electron chi connectivity index (χ1n) is 8.37. The fraction of sp³-hybridized carbons (Fsp3) is 0.0455. The molecule has 4 nitrogen and oxygen atoms in total. The fourth-order valence-electron chi connectivity index (χ4n) is 3.18. The molecule has 4 aromatic rings. The number of pyridine rings is 2. The molecule has 0 spiro atoms. The summed E-state index contributed by atoms with van der Waals surface area (Å²) in [6.07, 6.45) is 4.84. The van der Waals surface area contributed by atoms with Crippen molar-refractivity contribution in [2.75, 3.05) is 0 Å². The van der Waals surface area contributed by atoms with Gasteiger partial charge in [-0.25, -0.2) is 4.98 Å². The molecular weight excluding hydrogens is 404 g/mol. The Morgan fingerprint density at radius 1 is 1.04 bits per heavy atom. The summed E-state index contributed by atoms with van der Waals surface area (Å²) < 4.78 is 2.64. The summed E-state index contributed by atoms with van der Waals surface area (Å²) >= 11 is 3.41. The van der Waals surface area contributed by atoms with Crippen molar-refractivity contribution < 1.29 is 4.79 Å². The Bertz CT molecular complexity index is 1200. The van der Waals surface area contributed by atoms with E-state index in [1.165, 1.54) is 0 Å². The lowest BCUT2D eigenvalue weighted by molar-refractivity contribution is 0.562. The van der Waals surface area contributed by atoms with Crippen molar-refractivity contribution in [3.63, 3.8) is 0 Å². The van der Waals surface area contributed by atoms with E-state index in [1.807, 2.05) is 47.0 Å². The predicted molar refractivity (Wildman–Crippen MR) is 109 cm³/mol. The van der Waals surface area contributed by atoms with Gasteiger partial charge in [0, 0.05) is 23.4 Å². The van der Waals surface area contributed by atoms with Crippen LogP contribution < -0.4 is 5.43 Å². The van der Waals surface area contributed by atoms with E-state index in [-0.39, 0.29) is 11.1 Å². The van der Waals surface area contributed by atoms with E-state index >= 15 is 0 Å². The van der Waals surface area contributed by atoms with Crippen molar-refractivity contribution in [1.29, 1.82) is 0 Å². The quantitative estimate of drug-likeness (QED) is 0.496. The Morgan fingerprint density at radius 3 is 2.56 bits per heavy atom. The number of hydrogen-bond acceptors (Lipinski definition) is 3. The second kappa shape index (κ2) is 7.29. The topological polar surface area (TPSA) is 52.0 Å². The Labute approximate surface area is 164 Å². The number of rotatable bonds is 4. The average molecular weight is 418 g/mol. The highest BCUT2D eigenvalue weighted by Gasteiger charge is 2.13. The number of hydrogen-bond donors (Lipinski definition) is 0. The molecule has 0 saturated heterocycles. The summed E-state index contributed by atoms with van der Waals surface area (Å²) in [5.41, 5.74) is 3.79. The van der Waals surface area contributed by atoms with Crippen LogP contribution in [0.3, 0.4) is 0 Å². The maximum atomic E-state index is 12.4. The molecule has 2 aromatic heterocycles. The summed E-state index contributed by atoms with van der Waals surface area (Å²) in [5.74, 6) is 0. The standard InChI is InChI=1S/C22H14BrN2O2/c23-18-10-20-21(24-11-18)22(27)17(14-26)13-25(20)12-16-8-4-5-9-19(16)15-6-2-1-3-7-15/h1-11,13H,12H2. The lowest BCUT2D eigenvalue weighted by atomic mass is 9.99.